The number of aliphatic hydroxyl groups excluding tert-OH is 3. The minimum Gasteiger partial charge on any atom is -0.494 e. The van der Waals surface area contributed by atoms with Crippen molar-refractivity contribution < 1.29 is 29.6 Å². The lowest BCUT2D eigenvalue weighted by Gasteiger charge is -2.17. The van der Waals surface area contributed by atoms with E-state index in [-0.39, 0.29) is 54.8 Å². The fourth-order valence-electron chi connectivity index (χ4n) is 3.68. The Balaban J connectivity index is 2.68. The summed E-state index contributed by atoms with van der Waals surface area (Å²) in [6.45, 7) is 4.19. The zero-order valence-corrected chi connectivity index (χ0v) is 21.6. The Morgan fingerprint density at radius 3 is 1.54 bits per heavy atom. The predicted molar refractivity (Wildman–Crippen MR) is 138 cm³/mol. The lowest BCUT2D eigenvalue weighted by molar-refractivity contribution is 0.0913. The van der Waals surface area contributed by atoms with Crippen molar-refractivity contribution in [3.63, 3.8) is 0 Å². The number of aliphatic hydroxyl groups is 3. The first-order valence-electron chi connectivity index (χ1n) is 13.2. The molecule has 1 aromatic carbocycles. The van der Waals surface area contributed by atoms with E-state index in [2.05, 4.69) is 10.6 Å². The van der Waals surface area contributed by atoms with Crippen molar-refractivity contribution in [1.29, 1.82) is 0 Å². The maximum absolute atomic E-state index is 12.7. The number of unbranched alkanes of at least 4 members (excludes halogenated alkanes) is 8. The summed E-state index contributed by atoms with van der Waals surface area (Å²) in [4.78, 5) is 25.5. The van der Waals surface area contributed by atoms with E-state index in [1.165, 1.54) is 31.7 Å². The second kappa shape index (κ2) is 19.1. The molecule has 8 nitrogen and oxygen atoms in total. The monoisotopic (exact) mass is 494 g/mol. The number of hydrogen-bond donors (Lipinski definition) is 5. The number of carbonyl (C=O) groups is 2. The van der Waals surface area contributed by atoms with Gasteiger partial charge in [0.15, 0.2) is 0 Å². The molecule has 0 fully saturated rings. The highest BCUT2D eigenvalue weighted by Crippen LogP contribution is 2.19. The van der Waals surface area contributed by atoms with E-state index in [1.807, 2.05) is 13.8 Å². The largest absolute Gasteiger partial charge is 0.494 e. The molecule has 0 heterocycles. The van der Waals surface area contributed by atoms with Crippen LogP contribution in [0.25, 0.3) is 0 Å². The first-order valence-corrected chi connectivity index (χ1v) is 13.2. The van der Waals surface area contributed by atoms with E-state index in [0.717, 1.165) is 32.1 Å². The topological polar surface area (TPSA) is 128 Å². The first kappa shape index (κ1) is 30.9. The third-order valence-electron chi connectivity index (χ3n) is 6.10. The number of amides is 2. The summed E-state index contributed by atoms with van der Waals surface area (Å²) >= 11 is 0. The molecule has 0 spiro atoms. The van der Waals surface area contributed by atoms with Gasteiger partial charge in [-0.15, -0.1) is 0 Å². The number of nitrogens with one attached hydrogen (secondary N) is 2. The van der Waals surface area contributed by atoms with Crippen LogP contribution in [0.15, 0.2) is 18.2 Å². The van der Waals surface area contributed by atoms with Crippen molar-refractivity contribution in [2.45, 2.75) is 96.6 Å². The number of benzene rings is 1. The highest BCUT2D eigenvalue weighted by Gasteiger charge is 2.18. The van der Waals surface area contributed by atoms with Crippen LogP contribution in [-0.4, -0.2) is 65.6 Å². The number of ether oxygens (including phenoxy) is 1. The molecule has 200 valence electrons. The third kappa shape index (κ3) is 12.9. The molecule has 2 atom stereocenters. The van der Waals surface area contributed by atoms with Gasteiger partial charge in [0.05, 0.1) is 31.9 Å². The van der Waals surface area contributed by atoms with Gasteiger partial charge in [-0.05, 0) is 43.9 Å². The van der Waals surface area contributed by atoms with Crippen LogP contribution >= 0.6 is 0 Å². The van der Waals surface area contributed by atoms with Crippen molar-refractivity contribution >= 4 is 11.8 Å². The van der Waals surface area contributed by atoms with Crippen molar-refractivity contribution in [3.8, 4) is 5.75 Å². The molecule has 8 heteroatoms. The zero-order chi connectivity index (χ0) is 25.9. The van der Waals surface area contributed by atoms with E-state index in [1.54, 1.807) is 12.1 Å². The van der Waals surface area contributed by atoms with Gasteiger partial charge in [0, 0.05) is 17.7 Å². The van der Waals surface area contributed by atoms with Gasteiger partial charge in [0.2, 0.25) is 0 Å². The summed E-state index contributed by atoms with van der Waals surface area (Å²) in [6, 6.07) is 4.01. The molecule has 0 radical (unpaired) electrons. The average Bonchev–Trinajstić information content (AvgIpc) is 2.88. The molecule has 0 bridgehead atoms. The molecule has 1 aromatic rings. The maximum Gasteiger partial charge on any atom is 0.251 e. The van der Waals surface area contributed by atoms with Crippen molar-refractivity contribution in [2.75, 3.05) is 26.4 Å². The quantitative estimate of drug-likeness (QED) is 0.176. The van der Waals surface area contributed by atoms with Crippen LogP contribution in [0.2, 0.25) is 0 Å². The van der Waals surface area contributed by atoms with E-state index >= 15 is 0 Å². The van der Waals surface area contributed by atoms with Gasteiger partial charge in [-0.3, -0.25) is 9.59 Å². The minimum absolute atomic E-state index is 0.164. The van der Waals surface area contributed by atoms with Gasteiger partial charge in [-0.1, -0.05) is 58.8 Å². The molecule has 0 saturated carbocycles. The van der Waals surface area contributed by atoms with Gasteiger partial charge in [-0.2, -0.15) is 0 Å². The Kier molecular flexibility index (Phi) is 16.8. The van der Waals surface area contributed by atoms with E-state index in [0.29, 0.717) is 25.2 Å². The first-order chi connectivity index (χ1) is 17.0. The summed E-state index contributed by atoms with van der Waals surface area (Å²) in [6.07, 6.45) is 11.0. The summed E-state index contributed by atoms with van der Waals surface area (Å²) in [5, 5.41) is 33.2. The molecule has 2 amide bonds. The zero-order valence-electron chi connectivity index (χ0n) is 21.6. The number of rotatable bonds is 20. The van der Waals surface area contributed by atoms with Gasteiger partial charge < -0.3 is 30.7 Å². The molecule has 0 aliphatic carbocycles. The Labute approximate surface area is 210 Å². The van der Waals surface area contributed by atoms with E-state index < -0.39 is 0 Å². The lowest BCUT2D eigenvalue weighted by Crippen LogP contribution is -2.38. The van der Waals surface area contributed by atoms with Crippen LogP contribution < -0.4 is 15.4 Å². The molecule has 0 aliphatic rings. The van der Waals surface area contributed by atoms with Gasteiger partial charge in [0.1, 0.15) is 5.75 Å². The van der Waals surface area contributed by atoms with Crippen LogP contribution in [0.5, 0.6) is 5.75 Å². The Morgan fingerprint density at radius 1 is 0.714 bits per heavy atom. The summed E-state index contributed by atoms with van der Waals surface area (Å²) in [5.41, 5.74) is 0.579. The Bertz CT molecular complexity index is 675. The minimum atomic E-state index is -0.376. The molecular formula is C27H46N2O6. The summed E-state index contributed by atoms with van der Waals surface area (Å²) < 4.78 is 5.89. The molecule has 0 saturated heterocycles. The maximum atomic E-state index is 12.7. The molecule has 0 aromatic heterocycles. The normalized spacial score (nSPS) is 12.7. The van der Waals surface area contributed by atoms with Crippen molar-refractivity contribution in [2.24, 2.45) is 0 Å². The van der Waals surface area contributed by atoms with Crippen LogP contribution in [-0.2, 0) is 0 Å². The smallest absolute Gasteiger partial charge is 0.251 e. The SMILES string of the molecule is CC[C@@H](CO)NC(=O)c1cc(OCCCCCCCCCCCO)cc(C(=O)N[C@@H](CC)CO)c1. The molecular weight excluding hydrogens is 448 g/mol. The van der Waals surface area contributed by atoms with Gasteiger partial charge >= 0.3 is 0 Å². The number of hydrogen-bond acceptors (Lipinski definition) is 6. The van der Waals surface area contributed by atoms with Crippen LogP contribution in [0.3, 0.4) is 0 Å². The fourth-order valence-corrected chi connectivity index (χ4v) is 3.68. The summed E-state index contributed by atoms with van der Waals surface area (Å²) in [7, 11) is 0. The standard InChI is InChI=1S/C27H46N2O6/c1-3-23(19-31)28-26(33)21-16-22(27(34)29-24(4-2)20-32)18-25(17-21)35-15-13-11-9-7-5-6-8-10-12-14-30/h16-18,23-24,30-32H,3-15,19-20H2,1-2H3,(H,28,33)(H,29,34)/t23-,24-/m0/s1. The van der Waals surface area contributed by atoms with Gasteiger partial charge in [-0.25, -0.2) is 0 Å². The molecule has 0 unspecified atom stereocenters. The Hall–Kier alpha value is -2.16. The molecule has 5 N–H and O–H groups in total. The molecule has 35 heavy (non-hydrogen) atoms. The fraction of sp³-hybridized carbons (Fsp3) is 0.704. The summed E-state index contributed by atoms with van der Waals surface area (Å²) in [5.74, 6) is -0.307. The van der Waals surface area contributed by atoms with Crippen LogP contribution in [0.4, 0.5) is 0 Å². The highest BCUT2D eigenvalue weighted by molar-refractivity contribution is 6.00. The van der Waals surface area contributed by atoms with E-state index in [9.17, 15) is 19.8 Å². The lowest BCUT2D eigenvalue weighted by atomic mass is 10.1. The predicted octanol–water partition coefficient (Wildman–Crippen LogP) is 3.57. The van der Waals surface area contributed by atoms with E-state index in [4.69, 9.17) is 9.84 Å². The second-order valence-electron chi connectivity index (χ2n) is 9.02. The average molecular weight is 495 g/mol. The van der Waals surface area contributed by atoms with Crippen molar-refractivity contribution in [1.82, 2.24) is 10.6 Å². The van der Waals surface area contributed by atoms with Crippen molar-refractivity contribution in [3.05, 3.63) is 29.3 Å². The molecule has 0 aliphatic heterocycles. The highest BCUT2D eigenvalue weighted by atomic mass is 16.5. The second-order valence-corrected chi connectivity index (χ2v) is 9.02. The number of carbonyl (C=O) groups excluding carboxylic acids is 2. The third-order valence-corrected chi connectivity index (χ3v) is 6.10. The van der Waals surface area contributed by atoms with Crippen LogP contribution in [0.1, 0.15) is 105 Å². The van der Waals surface area contributed by atoms with Gasteiger partial charge in [0.25, 0.3) is 11.8 Å². The van der Waals surface area contributed by atoms with Crippen LogP contribution in [0, 0.1) is 0 Å². The molecule has 1 rings (SSSR count). The Morgan fingerprint density at radius 2 is 1.14 bits per heavy atom.